The van der Waals surface area contributed by atoms with E-state index in [2.05, 4.69) is 80.7 Å². The minimum atomic E-state index is 0.372. The van der Waals surface area contributed by atoms with E-state index in [4.69, 9.17) is 4.98 Å². The molecule has 0 saturated carbocycles. The summed E-state index contributed by atoms with van der Waals surface area (Å²) in [5.41, 5.74) is 5.94. The van der Waals surface area contributed by atoms with Gasteiger partial charge in [-0.15, -0.1) is 0 Å². The van der Waals surface area contributed by atoms with E-state index in [1.807, 2.05) is 6.07 Å². The minimum Gasteiger partial charge on any atom is -0.377 e. The van der Waals surface area contributed by atoms with Crippen LogP contribution in [0.2, 0.25) is 0 Å². The Morgan fingerprint density at radius 3 is 2.41 bits per heavy atom. The molecule has 1 heterocycles. The van der Waals surface area contributed by atoms with Gasteiger partial charge in [-0.25, -0.2) is 4.98 Å². The van der Waals surface area contributed by atoms with Crippen molar-refractivity contribution in [2.24, 2.45) is 0 Å². The molecule has 3 aromatic rings. The van der Waals surface area contributed by atoms with Crippen molar-refractivity contribution in [2.45, 2.75) is 26.8 Å². The molecule has 0 N–H and O–H groups in total. The van der Waals surface area contributed by atoms with Gasteiger partial charge in [0.2, 0.25) is 0 Å². The van der Waals surface area contributed by atoms with E-state index >= 15 is 0 Å². The van der Waals surface area contributed by atoms with Crippen LogP contribution in [0.4, 0.5) is 5.69 Å². The molecule has 0 aliphatic rings. The third kappa shape index (κ3) is 2.37. The van der Waals surface area contributed by atoms with Crippen molar-refractivity contribution in [3.63, 3.8) is 0 Å². The standard InChI is InChI=1S/C19H23N3/c1-13(2)22-18-9-7-6-8-16(18)20-19(22)15-10-11-17(21(4)5)14(3)12-15/h6-13H,1-5H3. The number of rotatable bonds is 3. The second kappa shape index (κ2) is 5.48. The lowest BCUT2D eigenvalue weighted by atomic mass is 10.1. The first-order valence-corrected chi connectivity index (χ1v) is 7.74. The van der Waals surface area contributed by atoms with Crippen LogP contribution in [-0.2, 0) is 0 Å². The van der Waals surface area contributed by atoms with Gasteiger partial charge in [-0.3, -0.25) is 0 Å². The second-order valence-corrected chi connectivity index (χ2v) is 6.28. The molecule has 3 nitrogen and oxygen atoms in total. The number of aromatic nitrogens is 2. The van der Waals surface area contributed by atoms with Crippen molar-refractivity contribution in [3.8, 4) is 11.4 Å². The summed E-state index contributed by atoms with van der Waals surface area (Å²) < 4.78 is 2.32. The Morgan fingerprint density at radius 2 is 1.77 bits per heavy atom. The molecule has 0 radical (unpaired) electrons. The van der Waals surface area contributed by atoms with Gasteiger partial charge in [0.05, 0.1) is 11.0 Å². The Kier molecular flexibility index (Phi) is 3.65. The molecule has 0 amide bonds. The van der Waals surface area contributed by atoms with Gasteiger partial charge in [-0.05, 0) is 56.7 Å². The van der Waals surface area contributed by atoms with Crippen LogP contribution >= 0.6 is 0 Å². The predicted octanol–water partition coefficient (Wildman–Crippen LogP) is 4.66. The van der Waals surface area contributed by atoms with Gasteiger partial charge in [0, 0.05) is 31.4 Å². The number of fused-ring (bicyclic) bond motifs is 1. The van der Waals surface area contributed by atoms with E-state index in [0.29, 0.717) is 6.04 Å². The quantitative estimate of drug-likeness (QED) is 0.700. The Hall–Kier alpha value is -2.29. The van der Waals surface area contributed by atoms with E-state index in [0.717, 1.165) is 11.3 Å². The molecule has 22 heavy (non-hydrogen) atoms. The van der Waals surface area contributed by atoms with E-state index in [1.54, 1.807) is 0 Å². The molecule has 1 aromatic heterocycles. The molecule has 0 bridgehead atoms. The van der Waals surface area contributed by atoms with E-state index < -0.39 is 0 Å². The summed E-state index contributed by atoms with van der Waals surface area (Å²) in [5, 5.41) is 0. The summed E-state index contributed by atoms with van der Waals surface area (Å²) in [6.45, 7) is 6.57. The van der Waals surface area contributed by atoms with Crippen molar-refractivity contribution in [1.82, 2.24) is 9.55 Å². The van der Waals surface area contributed by atoms with E-state index in [1.165, 1.54) is 22.3 Å². The fourth-order valence-corrected chi connectivity index (χ4v) is 3.07. The molecule has 3 rings (SSSR count). The number of para-hydroxylation sites is 2. The first-order chi connectivity index (χ1) is 10.5. The zero-order valence-corrected chi connectivity index (χ0v) is 14.0. The van der Waals surface area contributed by atoms with Gasteiger partial charge < -0.3 is 9.47 Å². The normalized spacial score (nSPS) is 11.4. The lowest BCUT2D eigenvalue weighted by Gasteiger charge is -2.17. The van der Waals surface area contributed by atoms with Crippen LogP contribution < -0.4 is 4.90 Å². The van der Waals surface area contributed by atoms with Crippen LogP contribution in [0.15, 0.2) is 42.5 Å². The van der Waals surface area contributed by atoms with Crippen molar-refractivity contribution in [3.05, 3.63) is 48.0 Å². The first kappa shape index (κ1) is 14.6. The maximum absolute atomic E-state index is 4.87. The van der Waals surface area contributed by atoms with Crippen LogP contribution in [0, 0.1) is 6.92 Å². The van der Waals surface area contributed by atoms with Gasteiger partial charge in [-0.2, -0.15) is 0 Å². The van der Waals surface area contributed by atoms with Crippen molar-refractivity contribution in [1.29, 1.82) is 0 Å². The fourth-order valence-electron chi connectivity index (χ4n) is 3.07. The van der Waals surface area contributed by atoms with E-state index in [-0.39, 0.29) is 0 Å². The Bertz CT molecular complexity index is 813. The number of anilines is 1. The van der Waals surface area contributed by atoms with Crippen LogP contribution in [0.1, 0.15) is 25.5 Å². The van der Waals surface area contributed by atoms with Crippen LogP contribution in [0.5, 0.6) is 0 Å². The molecule has 0 unspecified atom stereocenters. The molecule has 0 saturated heterocycles. The van der Waals surface area contributed by atoms with Gasteiger partial charge in [0.1, 0.15) is 5.82 Å². The fraction of sp³-hybridized carbons (Fsp3) is 0.316. The third-order valence-corrected chi connectivity index (χ3v) is 4.05. The minimum absolute atomic E-state index is 0.372. The average molecular weight is 293 g/mol. The molecular formula is C19H23N3. The smallest absolute Gasteiger partial charge is 0.141 e. The molecule has 0 aliphatic carbocycles. The summed E-state index contributed by atoms with van der Waals surface area (Å²) in [4.78, 5) is 7.01. The number of aryl methyl sites for hydroxylation is 1. The Balaban J connectivity index is 2.22. The number of benzene rings is 2. The molecule has 0 aliphatic heterocycles. The largest absolute Gasteiger partial charge is 0.377 e. The van der Waals surface area contributed by atoms with Gasteiger partial charge >= 0.3 is 0 Å². The van der Waals surface area contributed by atoms with Crippen molar-refractivity contribution >= 4 is 16.7 Å². The highest BCUT2D eigenvalue weighted by Gasteiger charge is 2.15. The van der Waals surface area contributed by atoms with Crippen molar-refractivity contribution < 1.29 is 0 Å². The lowest BCUT2D eigenvalue weighted by molar-refractivity contribution is 0.624. The predicted molar refractivity (Wildman–Crippen MR) is 94.6 cm³/mol. The summed E-state index contributed by atoms with van der Waals surface area (Å²) in [6.07, 6.45) is 0. The summed E-state index contributed by atoms with van der Waals surface area (Å²) in [7, 11) is 4.15. The van der Waals surface area contributed by atoms with Crippen molar-refractivity contribution in [2.75, 3.05) is 19.0 Å². The highest BCUT2D eigenvalue weighted by Crippen LogP contribution is 2.30. The highest BCUT2D eigenvalue weighted by atomic mass is 15.1. The van der Waals surface area contributed by atoms with Crippen LogP contribution in [0.3, 0.4) is 0 Å². The second-order valence-electron chi connectivity index (χ2n) is 6.28. The summed E-state index contributed by atoms with van der Waals surface area (Å²) in [5.74, 6) is 1.05. The maximum atomic E-state index is 4.87. The number of hydrogen-bond donors (Lipinski definition) is 0. The maximum Gasteiger partial charge on any atom is 0.141 e. The number of imidazole rings is 1. The Labute approximate surface area is 132 Å². The topological polar surface area (TPSA) is 21.1 Å². The monoisotopic (exact) mass is 293 g/mol. The average Bonchev–Trinajstić information content (AvgIpc) is 2.86. The molecule has 3 heteroatoms. The highest BCUT2D eigenvalue weighted by molar-refractivity contribution is 5.81. The molecule has 114 valence electrons. The number of hydrogen-bond acceptors (Lipinski definition) is 2. The molecule has 0 atom stereocenters. The first-order valence-electron chi connectivity index (χ1n) is 7.74. The third-order valence-electron chi connectivity index (χ3n) is 4.05. The zero-order valence-electron chi connectivity index (χ0n) is 14.0. The Morgan fingerprint density at radius 1 is 1.05 bits per heavy atom. The van der Waals surface area contributed by atoms with Gasteiger partial charge in [0.25, 0.3) is 0 Å². The lowest BCUT2D eigenvalue weighted by Crippen LogP contribution is -2.10. The molecule has 2 aromatic carbocycles. The van der Waals surface area contributed by atoms with E-state index in [9.17, 15) is 0 Å². The summed E-state index contributed by atoms with van der Waals surface area (Å²) in [6, 6.07) is 15.3. The van der Waals surface area contributed by atoms with Gasteiger partial charge in [0.15, 0.2) is 0 Å². The molecule has 0 fully saturated rings. The SMILES string of the molecule is Cc1cc(-c2nc3ccccc3n2C(C)C)ccc1N(C)C. The van der Waals surface area contributed by atoms with Crippen LogP contribution in [0.25, 0.3) is 22.4 Å². The molecule has 0 spiro atoms. The molecular weight excluding hydrogens is 270 g/mol. The zero-order chi connectivity index (χ0) is 15.9. The van der Waals surface area contributed by atoms with Crippen LogP contribution in [-0.4, -0.2) is 23.6 Å². The van der Waals surface area contributed by atoms with Gasteiger partial charge in [-0.1, -0.05) is 12.1 Å². The summed E-state index contributed by atoms with van der Waals surface area (Å²) >= 11 is 0. The number of nitrogens with zero attached hydrogens (tertiary/aromatic N) is 3.